The molecule has 12 heteroatoms. The first kappa shape index (κ1) is 29.5. The van der Waals surface area contributed by atoms with Gasteiger partial charge in [0.1, 0.15) is 24.0 Å². The second-order valence-electron chi connectivity index (χ2n) is 10.5. The van der Waals surface area contributed by atoms with E-state index < -0.39 is 0 Å². The van der Waals surface area contributed by atoms with E-state index in [4.69, 9.17) is 16.3 Å². The minimum Gasteiger partial charge on any atom is -0.490 e. The minimum absolute atomic E-state index is 0.0140. The van der Waals surface area contributed by atoms with Gasteiger partial charge in [-0.05, 0) is 42.9 Å². The topological polar surface area (TPSA) is 122 Å². The summed E-state index contributed by atoms with van der Waals surface area (Å²) in [5.41, 5.74) is 2.89. The van der Waals surface area contributed by atoms with Crippen LogP contribution in [0.5, 0.6) is 5.75 Å². The third-order valence-electron chi connectivity index (χ3n) is 7.36. The lowest BCUT2D eigenvalue weighted by Gasteiger charge is -2.34. The summed E-state index contributed by atoms with van der Waals surface area (Å²) in [6.07, 6.45) is 1.88. The number of likely N-dealkylation sites (N-methyl/N-ethyl adjacent to an activating group) is 1. The number of rotatable bonds is 3. The summed E-state index contributed by atoms with van der Waals surface area (Å²) >= 11 is 6.46. The summed E-state index contributed by atoms with van der Waals surface area (Å²) in [5.74, 6) is 1.20. The van der Waals surface area contributed by atoms with Crippen LogP contribution in [0.1, 0.15) is 17.5 Å². The Hall–Kier alpha value is -3.95. The molecule has 0 unspecified atom stereocenters. The van der Waals surface area contributed by atoms with Crippen molar-refractivity contribution in [1.82, 2.24) is 30.0 Å². The molecule has 42 heavy (non-hydrogen) atoms. The zero-order valence-corrected chi connectivity index (χ0v) is 24.5. The normalized spacial score (nSPS) is 17.6. The molecule has 220 valence electrons. The highest BCUT2D eigenvalue weighted by atomic mass is 35.5. The number of hydrogen-bond donors (Lipinski definition) is 3. The van der Waals surface area contributed by atoms with E-state index in [9.17, 15) is 10.1 Å². The van der Waals surface area contributed by atoms with E-state index in [2.05, 4.69) is 65.9 Å². The average molecular weight is 590 g/mol. The van der Waals surface area contributed by atoms with E-state index in [1.165, 1.54) is 6.20 Å². The Kier molecular flexibility index (Phi) is 10.0. The summed E-state index contributed by atoms with van der Waals surface area (Å²) in [4.78, 5) is 28.8. The fraction of sp³-hybridized carbons (Fsp3) is 0.400. The largest absolute Gasteiger partial charge is 0.490 e. The molecule has 2 aromatic carbocycles. The fourth-order valence-corrected chi connectivity index (χ4v) is 5.15. The minimum atomic E-state index is -0.0140. The van der Waals surface area contributed by atoms with Crippen LogP contribution in [0.25, 0.3) is 0 Å². The average Bonchev–Trinajstić information content (AvgIpc) is 2.98. The number of nitrogens with one attached hydrogen (secondary N) is 3. The van der Waals surface area contributed by atoms with Crippen LogP contribution in [0.2, 0.25) is 5.02 Å². The number of anilines is 4. The maximum Gasteiger partial charge on any atom is 0.229 e. The molecule has 1 aromatic heterocycles. The number of halogens is 1. The van der Waals surface area contributed by atoms with Crippen LogP contribution in [0.4, 0.5) is 23.1 Å². The zero-order chi connectivity index (χ0) is 29.3. The van der Waals surface area contributed by atoms with Crippen molar-refractivity contribution in [2.45, 2.75) is 13.0 Å². The van der Waals surface area contributed by atoms with E-state index >= 15 is 0 Å². The monoisotopic (exact) mass is 589 g/mol. The van der Waals surface area contributed by atoms with Gasteiger partial charge >= 0.3 is 0 Å². The van der Waals surface area contributed by atoms with E-state index in [0.717, 1.165) is 50.5 Å². The van der Waals surface area contributed by atoms with Crippen LogP contribution in [-0.2, 0) is 11.3 Å². The molecule has 3 aromatic rings. The first-order valence-electron chi connectivity index (χ1n) is 14.2. The first-order chi connectivity index (χ1) is 20.4. The molecular weight excluding hydrogens is 554 g/mol. The number of nitrogens with zero attached hydrogens (tertiary/aromatic N) is 6. The van der Waals surface area contributed by atoms with Crippen LogP contribution in [0, 0.1) is 11.3 Å². The number of carbonyl (C=O) groups is 1. The number of ether oxygens (including phenoxy) is 1. The number of amides is 1. The quantitative estimate of drug-likeness (QED) is 0.419. The maximum absolute atomic E-state index is 12.7. The summed E-state index contributed by atoms with van der Waals surface area (Å²) in [5, 5.41) is 19.4. The molecule has 0 spiro atoms. The summed E-state index contributed by atoms with van der Waals surface area (Å²) in [6, 6.07) is 15.5. The van der Waals surface area contributed by atoms with Crippen molar-refractivity contribution in [2.24, 2.45) is 0 Å². The SMILES string of the molecule is CN1CCN(CCN2CCC(=O)NCCOc3ccc(cc3Cl)Nc3nc(ncc3C#N)Nc3cccc(c3)C2)CC1. The van der Waals surface area contributed by atoms with Gasteiger partial charge in [-0.25, -0.2) is 4.98 Å². The van der Waals surface area contributed by atoms with Crippen molar-refractivity contribution in [3.8, 4) is 11.8 Å². The van der Waals surface area contributed by atoms with Gasteiger partial charge in [-0.1, -0.05) is 23.7 Å². The molecule has 1 saturated heterocycles. The van der Waals surface area contributed by atoms with Crippen LogP contribution < -0.4 is 20.7 Å². The number of nitriles is 1. The molecule has 1 amide bonds. The van der Waals surface area contributed by atoms with Gasteiger partial charge in [0.2, 0.25) is 11.9 Å². The van der Waals surface area contributed by atoms with E-state index in [1.54, 1.807) is 18.2 Å². The molecule has 0 saturated carbocycles. The van der Waals surface area contributed by atoms with Crippen molar-refractivity contribution in [1.29, 1.82) is 5.26 Å². The molecule has 3 aliphatic rings. The van der Waals surface area contributed by atoms with Gasteiger partial charge in [-0.3, -0.25) is 14.6 Å². The van der Waals surface area contributed by atoms with Crippen molar-refractivity contribution in [2.75, 3.05) is 76.6 Å². The van der Waals surface area contributed by atoms with Crippen molar-refractivity contribution < 1.29 is 9.53 Å². The third-order valence-corrected chi connectivity index (χ3v) is 7.65. The molecular formula is C30H36ClN9O2. The highest BCUT2D eigenvalue weighted by Crippen LogP contribution is 2.30. The number of hydrogen-bond acceptors (Lipinski definition) is 10. The van der Waals surface area contributed by atoms with Crippen molar-refractivity contribution in [3.63, 3.8) is 0 Å². The number of aromatic nitrogens is 2. The van der Waals surface area contributed by atoms with Gasteiger partial charge in [-0.2, -0.15) is 10.2 Å². The number of piperazine rings is 1. The van der Waals surface area contributed by atoms with Gasteiger partial charge in [0.05, 0.1) is 17.8 Å². The zero-order valence-electron chi connectivity index (χ0n) is 23.8. The van der Waals surface area contributed by atoms with Crippen LogP contribution in [0.15, 0.2) is 48.7 Å². The lowest BCUT2D eigenvalue weighted by Crippen LogP contribution is -2.47. The smallest absolute Gasteiger partial charge is 0.229 e. The first-order valence-corrected chi connectivity index (χ1v) is 14.6. The van der Waals surface area contributed by atoms with E-state index in [1.807, 2.05) is 12.1 Å². The highest BCUT2D eigenvalue weighted by molar-refractivity contribution is 6.32. The summed E-state index contributed by atoms with van der Waals surface area (Å²) in [7, 11) is 2.16. The van der Waals surface area contributed by atoms with Gasteiger partial charge in [0.25, 0.3) is 0 Å². The number of carbonyl (C=O) groups excluding carboxylic acids is 1. The molecule has 6 bridgehead atoms. The third kappa shape index (κ3) is 8.30. The molecule has 1 fully saturated rings. The molecule has 6 rings (SSSR count). The number of fused-ring (bicyclic) bond motifs is 10. The van der Waals surface area contributed by atoms with Gasteiger partial charge in [-0.15, -0.1) is 0 Å². The fourth-order valence-electron chi connectivity index (χ4n) is 4.91. The Morgan fingerprint density at radius 2 is 1.83 bits per heavy atom. The van der Waals surface area contributed by atoms with Gasteiger partial charge in [0, 0.05) is 70.2 Å². The van der Waals surface area contributed by atoms with E-state index in [0.29, 0.717) is 59.8 Å². The lowest BCUT2D eigenvalue weighted by molar-refractivity contribution is -0.121. The van der Waals surface area contributed by atoms with Crippen molar-refractivity contribution in [3.05, 3.63) is 64.8 Å². The van der Waals surface area contributed by atoms with Crippen molar-refractivity contribution >= 4 is 40.6 Å². The molecule has 4 heterocycles. The molecule has 0 atom stereocenters. The lowest BCUT2D eigenvalue weighted by atomic mass is 10.1. The Labute approximate surface area is 251 Å². The predicted molar refractivity (Wildman–Crippen MR) is 164 cm³/mol. The Morgan fingerprint density at radius 1 is 1.02 bits per heavy atom. The number of benzene rings is 2. The summed E-state index contributed by atoms with van der Waals surface area (Å²) in [6.45, 7) is 8.07. The Balaban J connectivity index is 1.37. The maximum atomic E-state index is 12.7. The second-order valence-corrected chi connectivity index (χ2v) is 10.9. The molecule has 11 nitrogen and oxygen atoms in total. The standard InChI is InChI=1S/C30H36ClN9O2/c1-38-10-12-39(13-11-38)14-15-40-9-7-28(41)33-8-16-42-27-6-5-25(18-26(27)31)35-29-23(19-32)20-34-30(37-29)36-24-4-2-3-22(17-24)21-40/h2-6,17-18,20H,7-16,21H2,1H3,(H,33,41)(H2,34,35,36,37). The van der Waals surface area contributed by atoms with Crippen LogP contribution in [0.3, 0.4) is 0 Å². The van der Waals surface area contributed by atoms with Crippen LogP contribution >= 0.6 is 11.6 Å². The Bertz CT molecular complexity index is 1420. The molecule has 3 aliphatic heterocycles. The molecule has 3 N–H and O–H groups in total. The van der Waals surface area contributed by atoms with Gasteiger partial charge in [0.15, 0.2) is 5.82 Å². The highest BCUT2D eigenvalue weighted by Gasteiger charge is 2.17. The van der Waals surface area contributed by atoms with Gasteiger partial charge < -0.3 is 25.6 Å². The molecule has 0 aliphatic carbocycles. The summed E-state index contributed by atoms with van der Waals surface area (Å²) < 4.78 is 5.80. The van der Waals surface area contributed by atoms with E-state index in [-0.39, 0.29) is 12.5 Å². The Morgan fingerprint density at radius 3 is 2.64 bits per heavy atom. The molecule has 0 radical (unpaired) electrons. The van der Waals surface area contributed by atoms with Crippen LogP contribution in [-0.4, -0.2) is 96.6 Å². The predicted octanol–water partition coefficient (Wildman–Crippen LogP) is 3.44. The second kappa shape index (κ2) is 14.3.